The zero-order valence-electron chi connectivity index (χ0n) is 13.2. The second-order valence-corrected chi connectivity index (χ2v) is 6.70. The van der Waals surface area contributed by atoms with Gasteiger partial charge in [-0.15, -0.1) is 11.3 Å². The van der Waals surface area contributed by atoms with E-state index in [9.17, 15) is 9.59 Å². The van der Waals surface area contributed by atoms with Gasteiger partial charge in [0.25, 0.3) is 5.91 Å². The molecule has 0 radical (unpaired) electrons. The highest BCUT2D eigenvalue weighted by atomic mass is 32.1. The number of amides is 1. The maximum Gasteiger partial charge on any atom is 0.308 e. The molecule has 2 N–H and O–H groups in total. The predicted molar refractivity (Wildman–Crippen MR) is 86.0 cm³/mol. The van der Waals surface area contributed by atoms with Crippen molar-refractivity contribution >= 4 is 23.2 Å². The normalized spacial score (nSPS) is 12.4. The number of hydrogen-bond donors (Lipinski definition) is 2. The molecule has 0 aliphatic rings. The Morgan fingerprint density at radius 1 is 1.33 bits per heavy atom. The highest BCUT2D eigenvalue weighted by Crippen LogP contribution is 2.24. The van der Waals surface area contributed by atoms with E-state index in [0.29, 0.717) is 4.88 Å². The van der Waals surface area contributed by atoms with Crippen LogP contribution in [-0.4, -0.2) is 23.5 Å². The van der Waals surface area contributed by atoms with Gasteiger partial charge in [0, 0.05) is 11.4 Å². The molecule has 1 atom stereocenters. The summed E-state index contributed by atoms with van der Waals surface area (Å²) in [5.74, 6) is -1.58. The van der Waals surface area contributed by atoms with E-state index in [2.05, 4.69) is 19.2 Å². The van der Waals surface area contributed by atoms with Crippen molar-refractivity contribution in [3.05, 3.63) is 21.4 Å². The van der Waals surface area contributed by atoms with Gasteiger partial charge in [0.1, 0.15) is 0 Å². The number of carboxylic acids is 1. The molecule has 4 nitrogen and oxygen atoms in total. The molecule has 21 heavy (non-hydrogen) atoms. The van der Waals surface area contributed by atoms with Gasteiger partial charge < -0.3 is 10.4 Å². The number of aryl methyl sites for hydroxylation is 2. The van der Waals surface area contributed by atoms with Crippen LogP contribution in [0, 0.1) is 11.8 Å². The molecule has 1 unspecified atom stereocenters. The van der Waals surface area contributed by atoms with Gasteiger partial charge >= 0.3 is 5.97 Å². The zero-order chi connectivity index (χ0) is 16.0. The lowest BCUT2D eigenvalue weighted by atomic mass is 9.96. The third-order valence-corrected chi connectivity index (χ3v) is 4.82. The molecule has 1 aromatic heterocycles. The molecule has 1 rings (SSSR count). The summed E-state index contributed by atoms with van der Waals surface area (Å²) >= 11 is 1.53. The molecule has 5 heteroatoms. The molecule has 1 heterocycles. The largest absolute Gasteiger partial charge is 0.481 e. The Bertz CT molecular complexity index is 494. The van der Waals surface area contributed by atoms with Crippen molar-refractivity contribution in [3.8, 4) is 0 Å². The fourth-order valence-electron chi connectivity index (χ4n) is 2.21. The number of aliphatic carboxylic acids is 1. The average molecular weight is 311 g/mol. The molecular weight excluding hydrogens is 286 g/mol. The van der Waals surface area contributed by atoms with Crippen LogP contribution in [0.1, 0.15) is 54.2 Å². The summed E-state index contributed by atoms with van der Waals surface area (Å²) in [7, 11) is 0. The fourth-order valence-corrected chi connectivity index (χ4v) is 3.49. The van der Waals surface area contributed by atoms with Crippen molar-refractivity contribution in [3.63, 3.8) is 0 Å². The van der Waals surface area contributed by atoms with Gasteiger partial charge in [-0.3, -0.25) is 9.59 Å². The summed E-state index contributed by atoms with van der Waals surface area (Å²) in [6, 6.07) is 1.94. The van der Waals surface area contributed by atoms with Crippen LogP contribution >= 0.6 is 11.3 Å². The van der Waals surface area contributed by atoms with Crippen LogP contribution in [-0.2, 0) is 17.6 Å². The number of nitrogens with one attached hydrogen (secondary N) is 1. The van der Waals surface area contributed by atoms with E-state index in [1.165, 1.54) is 21.8 Å². The Hall–Kier alpha value is -1.36. The molecule has 118 valence electrons. The smallest absolute Gasteiger partial charge is 0.308 e. The Morgan fingerprint density at radius 3 is 2.48 bits per heavy atom. The minimum Gasteiger partial charge on any atom is -0.481 e. The van der Waals surface area contributed by atoms with Crippen molar-refractivity contribution in [1.29, 1.82) is 0 Å². The summed E-state index contributed by atoms with van der Waals surface area (Å²) in [6.45, 7) is 8.09. The van der Waals surface area contributed by atoms with Crippen LogP contribution in [0.25, 0.3) is 0 Å². The molecule has 0 saturated carbocycles. The topological polar surface area (TPSA) is 66.4 Å². The van der Waals surface area contributed by atoms with E-state index in [4.69, 9.17) is 5.11 Å². The Labute approximate surface area is 130 Å². The minimum absolute atomic E-state index is 0.00649. The number of carbonyl (C=O) groups is 2. The third kappa shape index (κ3) is 4.84. The lowest BCUT2D eigenvalue weighted by molar-refractivity contribution is -0.142. The quantitative estimate of drug-likeness (QED) is 0.773. The van der Waals surface area contributed by atoms with Gasteiger partial charge in [-0.05, 0) is 30.4 Å². The van der Waals surface area contributed by atoms with Crippen molar-refractivity contribution in [2.75, 3.05) is 6.54 Å². The first kappa shape index (κ1) is 17.7. The monoisotopic (exact) mass is 311 g/mol. The van der Waals surface area contributed by atoms with Crippen LogP contribution in [0.4, 0.5) is 0 Å². The Balaban J connectivity index is 2.73. The molecule has 0 aliphatic carbocycles. The molecule has 0 aromatic carbocycles. The van der Waals surface area contributed by atoms with Crippen LogP contribution in [0.2, 0.25) is 0 Å². The van der Waals surface area contributed by atoms with Gasteiger partial charge in [-0.25, -0.2) is 0 Å². The first-order valence-corrected chi connectivity index (χ1v) is 8.34. The fraction of sp³-hybridized carbons (Fsp3) is 0.625. The SMILES string of the molecule is CCCc1sc(C(=O)NCC(C(=O)O)C(C)C)cc1CC. The first-order valence-electron chi connectivity index (χ1n) is 7.53. The van der Waals surface area contributed by atoms with Crippen molar-refractivity contribution < 1.29 is 14.7 Å². The third-order valence-electron chi connectivity index (χ3n) is 3.58. The molecule has 1 amide bonds. The van der Waals surface area contributed by atoms with Gasteiger partial charge in [-0.2, -0.15) is 0 Å². The maximum atomic E-state index is 12.2. The predicted octanol–water partition coefficient (Wildman–Crippen LogP) is 3.35. The van der Waals surface area contributed by atoms with Gasteiger partial charge in [0.05, 0.1) is 10.8 Å². The number of hydrogen-bond acceptors (Lipinski definition) is 3. The zero-order valence-corrected chi connectivity index (χ0v) is 14.0. The molecular formula is C16H25NO3S. The molecule has 0 saturated heterocycles. The summed E-state index contributed by atoms with van der Waals surface area (Å²) < 4.78 is 0. The minimum atomic E-state index is -0.864. The standard InChI is InChI=1S/C16H25NO3S/c1-5-7-13-11(6-2)8-14(21-13)15(18)17-9-12(10(3)4)16(19)20/h8,10,12H,5-7,9H2,1-4H3,(H,17,18)(H,19,20). The van der Waals surface area contributed by atoms with Crippen molar-refractivity contribution in [2.45, 2.75) is 47.0 Å². The lowest BCUT2D eigenvalue weighted by Crippen LogP contribution is -2.35. The number of thiophene rings is 1. The van der Waals surface area contributed by atoms with Crippen molar-refractivity contribution in [1.82, 2.24) is 5.32 Å². The molecule has 0 aliphatic heterocycles. The summed E-state index contributed by atoms with van der Waals surface area (Å²) in [5.41, 5.74) is 1.23. The molecule has 0 spiro atoms. The summed E-state index contributed by atoms with van der Waals surface area (Å²) in [4.78, 5) is 25.3. The highest BCUT2D eigenvalue weighted by Gasteiger charge is 2.23. The average Bonchev–Trinajstić information content (AvgIpc) is 2.81. The van der Waals surface area contributed by atoms with Crippen LogP contribution < -0.4 is 5.32 Å². The van der Waals surface area contributed by atoms with E-state index in [0.717, 1.165) is 19.3 Å². The van der Waals surface area contributed by atoms with Crippen LogP contribution in [0.3, 0.4) is 0 Å². The first-order chi connectivity index (χ1) is 9.90. The van der Waals surface area contributed by atoms with E-state index < -0.39 is 11.9 Å². The van der Waals surface area contributed by atoms with E-state index in [1.807, 2.05) is 19.9 Å². The van der Waals surface area contributed by atoms with Gasteiger partial charge in [0.2, 0.25) is 0 Å². The number of carboxylic acid groups (broad SMARTS) is 1. The van der Waals surface area contributed by atoms with Crippen LogP contribution in [0.15, 0.2) is 6.07 Å². The van der Waals surface area contributed by atoms with E-state index >= 15 is 0 Å². The second kappa shape index (κ2) is 8.17. The van der Waals surface area contributed by atoms with Gasteiger partial charge in [-0.1, -0.05) is 34.1 Å². The highest BCUT2D eigenvalue weighted by molar-refractivity contribution is 7.14. The number of carbonyl (C=O) groups excluding carboxylic acids is 1. The van der Waals surface area contributed by atoms with E-state index in [-0.39, 0.29) is 18.4 Å². The molecule has 0 bridgehead atoms. The summed E-state index contributed by atoms with van der Waals surface area (Å²) in [5, 5.41) is 11.9. The summed E-state index contributed by atoms with van der Waals surface area (Å²) in [6.07, 6.45) is 2.97. The molecule has 0 fully saturated rings. The maximum absolute atomic E-state index is 12.2. The number of rotatable bonds is 8. The second-order valence-electron chi connectivity index (χ2n) is 5.56. The Kier molecular flexibility index (Phi) is 6.89. The molecule has 1 aromatic rings. The lowest BCUT2D eigenvalue weighted by Gasteiger charge is -2.16. The van der Waals surface area contributed by atoms with Crippen LogP contribution in [0.5, 0.6) is 0 Å². The van der Waals surface area contributed by atoms with E-state index in [1.54, 1.807) is 0 Å². The Morgan fingerprint density at radius 2 is 2.00 bits per heavy atom. The van der Waals surface area contributed by atoms with Gasteiger partial charge in [0.15, 0.2) is 0 Å². The van der Waals surface area contributed by atoms with Crippen molar-refractivity contribution in [2.24, 2.45) is 11.8 Å².